The Morgan fingerprint density at radius 1 is 1.00 bits per heavy atom. The summed E-state index contributed by atoms with van der Waals surface area (Å²) < 4.78 is 10.2. The minimum absolute atomic E-state index is 0.250. The van der Waals surface area contributed by atoms with Crippen LogP contribution in [0, 0.1) is 5.41 Å². The lowest BCUT2D eigenvalue weighted by Crippen LogP contribution is -2.32. The molecule has 0 saturated carbocycles. The van der Waals surface area contributed by atoms with Crippen LogP contribution >= 0.6 is 0 Å². The van der Waals surface area contributed by atoms with E-state index in [0.29, 0.717) is 6.42 Å². The smallest absolute Gasteiger partial charge is 0.159 e. The second kappa shape index (κ2) is 5.83. The van der Waals surface area contributed by atoms with Crippen molar-refractivity contribution in [3.05, 3.63) is 0 Å². The Bertz CT molecular complexity index is 166. The molecule has 1 unspecified atom stereocenters. The monoisotopic (exact) mass is 218 g/mol. The van der Waals surface area contributed by atoms with Gasteiger partial charge in [-0.2, -0.15) is 0 Å². The quantitative estimate of drug-likeness (QED) is 0.696. The first kappa shape index (κ1) is 14.9. The summed E-state index contributed by atoms with van der Waals surface area (Å²) in [5, 5.41) is 10.2. The molecule has 0 rings (SSSR count). The molecule has 3 heteroatoms. The standard InChI is InChI=1S/C12H26O3/c1-11(2,3)7-8-12(4,13)9-10(14-5)15-6/h10,13H,7-9H2,1-6H3. The number of hydrogen-bond donors (Lipinski definition) is 1. The van der Waals surface area contributed by atoms with E-state index < -0.39 is 5.60 Å². The summed E-state index contributed by atoms with van der Waals surface area (Å²) in [6, 6.07) is 0. The van der Waals surface area contributed by atoms with E-state index in [1.54, 1.807) is 14.2 Å². The molecule has 0 saturated heterocycles. The maximum absolute atomic E-state index is 10.2. The Labute approximate surface area is 93.8 Å². The lowest BCUT2D eigenvalue weighted by atomic mass is 9.84. The average molecular weight is 218 g/mol. The van der Waals surface area contributed by atoms with Crippen molar-refractivity contribution in [2.75, 3.05) is 14.2 Å². The fourth-order valence-corrected chi connectivity index (χ4v) is 1.37. The van der Waals surface area contributed by atoms with Gasteiger partial charge in [-0.25, -0.2) is 0 Å². The van der Waals surface area contributed by atoms with Crippen LogP contribution < -0.4 is 0 Å². The van der Waals surface area contributed by atoms with E-state index in [0.717, 1.165) is 12.8 Å². The minimum Gasteiger partial charge on any atom is -0.390 e. The first-order chi connectivity index (χ1) is 6.70. The summed E-state index contributed by atoms with van der Waals surface area (Å²) in [4.78, 5) is 0. The third kappa shape index (κ3) is 7.77. The summed E-state index contributed by atoms with van der Waals surface area (Å²) in [5.74, 6) is 0. The first-order valence-corrected chi connectivity index (χ1v) is 5.48. The molecule has 0 amide bonds. The zero-order valence-corrected chi connectivity index (χ0v) is 11.0. The van der Waals surface area contributed by atoms with Crippen molar-refractivity contribution in [1.82, 2.24) is 0 Å². The molecule has 0 fully saturated rings. The van der Waals surface area contributed by atoms with Gasteiger partial charge in [0.25, 0.3) is 0 Å². The highest BCUT2D eigenvalue weighted by Gasteiger charge is 2.27. The molecular weight excluding hydrogens is 192 g/mol. The fraction of sp³-hybridized carbons (Fsp3) is 1.00. The predicted molar refractivity (Wildman–Crippen MR) is 61.7 cm³/mol. The number of aliphatic hydroxyl groups is 1. The molecule has 0 aromatic heterocycles. The molecule has 0 aromatic carbocycles. The van der Waals surface area contributed by atoms with Gasteiger partial charge in [0.1, 0.15) is 0 Å². The third-order valence-electron chi connectivity index (χ3n) is 2.55. The highest BCUT2D eigenvalue weighted by Crippen LogP contribution is 2.28. The zero-order valence-electron chi connectivity index (χ0n) is 11.0. The van der Waals surface area contributed by atoms with Crippen LogP contribution in [0.3, 0.4) is 0 Å². The Kier molecular flexibility index (Phi) is 5.78. The summed E-state index contributed by atoms with van der Waals surface area (Å²) in [5.41, 5.74) is -0.469. The Balaban J connectivity index is 4.06. The van der Waals surface area contributed by atoms with E-state index in [-0.39, 0.29) is 11.7 Å². The van der Waals surface area contributed by atoms with Crippen molar-refractivity contribution in [2.45, 2.75) is 58.8 Å². The van der Waals surface area contributed by atoms with Crippen molar-refractivity contribution >= 4 is 0 Å². The second-order valence-electron chi connectivity index (χ2n) is 5.66. The Morgan fingerprint density at radius 2 is 1.47 bits per heavy atom. The van der Waals surface area contributed by atoms with E-state index in [1.165, 1.54) is 0 Å². The zero-order chi connectivity index (χ0) is 12.1. The number of rotatable bonds is 6. The molecule has 3 nitrogen and oxygen atoms in total. The molecule has 0 aliphatic rings. The van der Waals surface area contributed by atoms with Crippen LogP contribution in [0.5, 0.6) is 0 Å². The number of hydrogen-bond acceptors (Lipinski definition) is 3. The van der Waals surface area contributed by atoms with Crippen LogP contribution in [0.25, 0.3) is 0 Å². The van der Waals surface area contributed by atoms with Gasteiger partial charge in [-0.3, -0.25) is 0 Å². The normalized spacial score (nSPS) is 16.8. The van der Waals surface area contributed by atoms with Crippen LogP contribution in [-0.4, -0.2) is 31.2 Å². The molecule has 0 aliphatic carbocycles. The third-order valence-corrected chi connectivity index (χ3v) is 2.55. The maximum Gasteiger partial charge on any atom is 0.159 e. The van der Waals surface area contributed by atoms with Gasteiger partial charge in [-0.15, -0.1) is 0 Å². The number of ether oxygens (including phenoxy) is 2. The summed E-state index contributed by atoms with van der Waals surface area (Å²) >= 11 is 0. The molecule has 1 atom stereocenters. The van der Waals surface area contributed by atoms with Gasteiger partial charge in [0.15, 0.2) is 6.29 Å². The van der Waals surface area contributed by atoms with Crippen LogP contribution in [-0.2, 0) is 9.47 Å². The van der Waals surface area contributed by atoms with Crippen molar-refractivity contribution in [3.63, 3.8) is 0 Å². The SMILES string of the molecule is COC(CC(C)(O)CCC(C)(C)C)OC. The van der Waals surface area contributed by atoms with Gasteiger partial charge in [-0.05, 0) is 25.2 Å². The summed E-state index contributed by atoms with van der Waals surface area (Å²) in [6.07, 6.45) is 1.94. The molecule has 0 bridgehead atoms. The predicted octanol–water partition coefficient (Wildman–Crippen LogP) is 2.57. The molecular formula is C12H26O3. The first-order valence-electron chi connectivity index (χ1n) is 5.48. The van der Waals surface area contributed by atoms with Crippen molar-refractivity contribution < 1.29 is 14.6 Å². The molecule has 0 heterocycles. The van der Waals surface area contributed by atoms with E-state index in [1.807, 2.05) is 6.92 Å². The van der Waals surface area contributed by atoms with Crippen molar-refractivity contribution in [3.8, 4) is 0 Å². The molecule has 92 valence electrons. The largest absolute Gasteiger partial charge is 0.390 e. The fourth-order valence-electron chi connectivity index (χ4n) is 1.37. The molecule has 0 aromatic rings. The molecule has 0 aliphatic heterocycles. The summed E-state index contributed by atoms with van der Waals surface area (Å²) in [6.45, 7) is 8.36. The highest BCUT2D eigenvalue weighted by molar-refractivity contribution is 4.77. The van der Waals surface area contributed by atoms with Crippen LogP contribution in [0.15, 0.2) is 0 Å². The van der Waals surface area contributed by atoms with Crippen molar-refractivity contribution in [1.29, 1.82) is 0 Å². The lowest BCUT2D eigenvalue weighted by Gasteiger charge is -2.30. The van der Waals surface area contributed by atoms with E-state index in [2.05, 4.69) is 20.8 Å². The van der Waals surface area contributed by atoms with Gasteiger partial charge in [0.05, 0.1) is 5.60 Å². The minimum atomic E-state index is -0.718. The Morgan fingerprint density at radius 3 is 1.80 bits per heavy atom. The summed E-state index contributed by atoms with van der Waals surface area (Å²) in [7, 11) is 3.18. The molecule has 0 radical (unpaired) electrons. The topological polar surface area (TPSA) is 38.7 Å². The maximum atomic E-state index is 10.2. The van der Waals surface area contributed by atoms with Crippen LogP contribution in [0.4, 0.5) is 0 Å². The van der Waals surface area contributed by atoms with Gasteiger partial charge < -0.3 is 14.6 Å². The van der Waals surface area contributed by atoms with E-state index in [9.17, 15) is 5.11 Å². The average Bonchev–Trinajstić information content (AvgIpc) is 2.10. The number of methoxy groups -OCH3 is 2. The van der Waals surface area contributed by atoms with Gasteiger partial charge >= 0.3 is 0 Å². The van der Waals surface area contributed by atoms with E-state index >= 15 is 0 Å². The molecule has 0 spiro atoms. The second-order valence-corrected chi connectivity index (χ2v) is 5.66. The lowest BCUT2D eigenvalue weighted by molar-refractivity contribution is -0.142. The van der Waals surface area contributed by atoms with E-state index in [4.69, 9.17) is 9.47 Å². The van der Waals surface area contributed by atoms with Gasteiger partial charge in [0, 0.05) is 20.6 Å². The van der Waals surface area contributed by atoms with Gasteiger partial charge in [0.2, 0.25) is 0 Å². The van der Waals surface area contributed by atoms with Crippen molar-refractivity contribution in [2.24, 2.45) is 5.41 Å². The highest BCUT2D eigenvalue weighted by atomic mass is 16.7. The Hall–Kier alpha value is -0.120. The van der Waals surface area contributed by atoms with Crippen LogP contribution in [0.1, 0.15) is 47.0 Å². The molecule has 1 N–H and O–H groups in total. The van der Waals surface area contributed by atoms with Gasteiger partial charge in [-0.1, -0.05) is 20.8 Å². The van der Waals surface area contributed by atoms with Crippen LogP contribution in [0.2, 0.25) is 0 Å². The molecule has 15 heavy (non-hydrogen) atoms.